The van der Waals surface area contributed by atoms with Gasteiger partial charge in [-0.05, 0) is 80.8 Å². The van der Waals surface area contributed by atoms with Crippen LogP contribution in [-0.2, 0) is 9.59 Å². The lowest BCUT2D eigenvalue weighted by Crippen LogP contribution is -2.50. The van der Waals surface area contributed by atoms with Crippen molar-refractivity contribution >= 4 is 79.1 Å². The lowest BCUT2D eigenvalue weighted by molar-refractivity contribution is -0.380. The largest absolute Gasteiger partial charge is 0.368 e. The quantitative estimate of drug-likeness (QED) is 0.0734. The van der Waals surface area contributed by atoms with Crippen LogP contribution in [0, 0.1) is 24.0 Å². The number of carbonyl (C=O) groups excluding carboxylic acids is 4. The van der Waals surface area contributed by atoms with Crippen LogP contribution in [0.5, 0.6) is 0 Å². The van der Waals surface area contributed by atoms with Crippen molar-refractivity contribution in [2.24, 2.45) is 0 Å². The molecule has 2 aliphatic rings. The number of nitro groups is 1. The maximum atomic E-state index is 13.5. The van der Waals surface area contributed by atoms with Crippen molar-refractivity contribution < 1.29 is 24.1 Å². The fourth-order valence-electron chi connectivity index (χ4n) is 7.40. The minimum Gasteiger partial charge on any atom is -0.368 e. The summed E-state index contributed by atoms with van der Waals surface area (Å²) in [5.41, 5.74) is 2.60. The lowest BCUT2D eigenvalue weighted by atomic mass is 10.0. The Hall–Kier alpha value is -6.67. The van der Waals surface area contributed by atoms with Gasteiger partial charge in [-0.1, -0.05) is 18.9 Å². The van der Waals surface area contributed by atoms with E-state index in [1.165, 1.54) is 26.0 Å². The fraction of sp³-hybridized carbons (Fsp3) is 0.359. The first-order chi connectivity index (χ1) is 28.3. The number of benzene rings is 1. The van der Waals surface area contributed by atoms with Crippen LogP contribution in [0.3, 0.4) is 0 Å². The summed E-state index contributed by atoms with van der Waals surface area (Å²) in [7, 11) is 0. The smallest absolute Gasteiger partial charge is 0.348 e. The van der Waals surface area contributed by atoms with Crippen molar-refractivity contribution in [3.63, 3.8) is 0 Å². The van der Waals surface area contributed by atoms with Crippen LogP contribution in [0.25, 0.3) is 11.0 Å². The second-order valence-corrected chi connectivity index (χ2v) is 15.4. The van der Waals surface area contributed by atoms with E-state index in [-0.39, 0.29) is 69.3 Å². The molecule has 0 spiro atoms. The molecule has 7 rings (SSSR count). The average Bonchev–Trinajstić information content (AvgIpc) is 3.87. The van der Waals surface area contributed by atoms with E-state index in [0.29, 0.717) is 54.3 Å². The molecule has 306 valence electrons. The van der Waals surface area contributed by atoms with Gasteiger partial charge in [0.15, 0.2) is 10.9 Å². The Morgan fingerprint density at radius 2 is 1.71 bits per heavy atom. The number of ketones is 1. The van der Waals surface area contributed by atoms with Crippen molar-refractivity contribution in [2.75, 3.05) is 60.1 Å². The Morgan fingerprint density at radius 1 is 0.949 bits per heavy atom. The number of hydrogen-bond donors (Lipinski definition) is 4. The van der Waals surface area contributed by atoms with E-state index in [2.05, 4.69) is 41.1 Å². The van der Waals surface area contributed by atoms with E-state index >= 15 is 0 Å². The molecule has 59 heavy (non-hydrogen) atoms. The molecule has 0 atom stereocenters. The van der Waals surface area contributed by atoms with Gasteiger partial charge in [0, 0.05) is 55.1 Å². The third-order valence-electron chi connectivity index (χ3n) is 10.4. The number of Topliss-reactive ketones (excluding diaryl/α,β-unsaturated/α-hetero) is 1. The van der Waals surface area contributed by atoms with Crippen molar-refractivity contribution in [2.45, 2.75) is 52.5 Å². The molecule has 0 unspecified atom stereocenters. The predicted octanol–water partition coefficient (Wildman–Crippen LogP) is 4.36. The SMILES string of the molecule is CC(=O)c1c(C)c2cnc(Nc3ccc(N4CCN(CC(=O)NCC(=O)Nc5cccc(C(=O)Nc6nc(C)c([N+](=O)[O-])s6)c5)CC4)cn3)nc2n(C2CCCC2)c1=O. The Bertz CT molecular complexity index is 2510. The standard InChI is InChI=1S/C39H42N12O7S/c1-22-29-19-42-38(46-34(29)50(27-9-4-5-10-27)36(56)33(22)24(3)52)45-30-12-11-28(18-40-30)49-15-13-48(14-16-49)21-32(54)41-20-31(53)44-26-8-6-7-25(17-26)35(55)47-39-43-23(2)37(59-39)51(57)58/h6-8,11-12,17-19,27H,4-5,9-10,13-16,20-21H2,1-3H3,(H,41,54)(H,44,53)(H,43,47,55)(H,40,42,45,46). The Kier molecular flexibility index (Phi) is 12.0. The number of rotatable bonds is 13. The monoisotopic (exact) mass is 822 g/mol. The molecule has 1 saturated heterocycles. The highest BCUT2D eigenvalue weighted by molar-refractivity contribution is 7.19. The maximum absolute atomic E-state index is 13.5. The molecular formula is C39H42N12O7S. The van der Waals surface area contributed by atoms with Gasteiger partial charge in [-0.15, -0.1) is 0 Å². The molecule has 1 saturated carbocycles. The molecule has 1 aliphatic carbocycles. The number of anilines is 5. The number of amides is 3. The topological polar surface area (TPSA) is 240 Å². The summed E-state index contributed by atoms with van der Waals surface area (Å²) in [4.78, 5) is 96.6. The molecule has 1 aliphatic heterocycles. The van der Waals surface area contributed by atoms with Gasteiger partial charge in [0.05, 0.1) is 35.5 Å². The minimum atomic E-state index is -0.562. The summed E-state index contributed by atoms with van der Waals surface area (Å²) in [6.45, 7) is 7.03. The van der Waals surface area contributed by atoms with Crippen molar-refractivity contribution in [3.8, 4) is 0 Å². The van der Waals surface area contributed by atoms with E-state index < -0.39 is 16.7 Å². The molecule has 5 aromatic rings. The molecule has 1 aromatic carbocycles. The van der Waals surface area contributed by atoms with Crippen LogP contribution in [0.2, 0.25) is 0 Å². The number of piperazine rings is 1. The molecule has 4 N–H and O–H groups in total. The molecule has 3 amide bonds. The number of nitrogens with zero attached hydrogens (tertiary/aromatic N) is 8. The van der Waals surface area contributed by atoms with Crippen LogP contribution in [-0.4, -0.2) is 97.1 Å². The van der Waals surface area contributed by atoms with Gasteiger partial charge in [-0.25, -0.2) is 15.0 Å². The highest BCUT2D eigenvalue weighted by Gasteiger charge is 2.26. The first kappa shape index (κ1) is 40.5. The average molecular weight is 823 g/mol. The van der Waals surface area contributed by atoms with Gasteiger partial charge >= 0.3 is 5.00 Å². The molecule has 0 radical (unpaired) electrons. The number of thiazole rings is 1. The van der Waals surface area contributed by atoms with Crippen LogP contribution >= 0.6 is 11.3 Å². The van der Waals surface area contributed by atoms with Gasteiger partial charge in [-0.3, -0.25) is 48.9 Å². The summed E-state index contributed by atoms with van der Waals surface area (Å²) < 4.78 is 1.68. The number of nitrogens with one attached hydrogen (secondary N) is 4. The van der Waals surface area contributed by atoms with Crippen LogP contribution in [0.15, 0.2) is 53.6 Å². The number of hydrogen-bond acceptors (Lipinski definition) is 15. The predicted molar refractivity (Wildman–Crippen MR) is 222 cm³/mol. The van der Waals surface area contributed by atoms with Crippen molar-refractivity contribution in [1.29, 1.82) is 0 Å². The molecule has 4 aromatic heterocycles. The maximum Gasteiger partial charge on any atom is 0.348 e. The highest BCUT2D eigenvalue weighted by atomic mass is 32.1. The van der Waals surface area contributed by atoms with Crippen LogP contribution in [0.4, 0.5) is 33.3 Å². The summed E-state index contributed by atoms with van der Waals surface area (Å²) >= 11 is 0.752. The van der Waals surface area contributed by atoms with E-state index in [9.17, 15) is 34.1 Å². The first-order valence-corrected chi connectivity index (χ1v) is 19.9. The third-order valence-corrected chi connectivity index (χ3v) is 11.4. The zero-order chi connectivity index (χ0) is 41.8. The molecule has 2 fully saturated rings. The summed E-state index contributed by atoms with van der Waals surface area (Å²) in [6, 6.07) is 9.88. The number of fused-ring (bicyclic) bond motifs is 1. The second-order valence-electron chi connectivity index (χ2n) is 14.4. The molecule has 19 nitrogen and oxygen atoms in total. The summed E-state index contributed by atoms with van der Waals surface area (Å²) in [5, 5.41) is 22.7. The number of pyridine rings is 2. The minimum absolute atomic E-state index is 0.0246. The van der Waals surface area contributed by atoms with Gasteiger partial charge in [-0.2, -0.15) is 4.98 Å². The van der Waals surface area contributed by atoms with Crippen LogP contribution in [0.1, 0.15) is 70.6 Å². The van der Waals surface area contributed by atoms with Gasteiger partial charge in [0.2, 0.25) is 17.8 Å². The highest BCUT2D eigenvalue weighted by Crippen LogP contribution is 2.33. The molecule has 0 bridgehead atoms. The number of aryl methyl sites for hydroxylation is 2. The Balaban J connectivity index is 0.875. The van der Waals surface area contributed by atoms with E-state index in [1.54, 1.807) is 36.0 Å². The van der Waals surface area contributed by atoms with E-state index in [1.807, 2.05) is 17.0 Å². The van der Waals surface area contributed by atoms with Gasteiger partial charge < -0.3 is 20.9 Å². The summed E-state index contributed by atoms with van der Waals surface area (Å²) in [6.07, 6.45) is 7.13. The number of carbonyl (C=O) groups is 4. The Morgan fingerprint density at radius 3 is 2.39 bits per heavy atom. The molecular weight excluding hydrogens is 781 g/mol. The second kappa shape index (κ2) is 17.4. The summed E-state index contributed by atoms with van der Waals surface area (Å²) in [5.74, 6) is -0.796. The Labute approximate surface area is 341 Å². The third kappa shape index (κ3) is 9.23. The van der Waals surface area contributed by atoms with E-state index in [0.717, 1.165) is 42.7 Å². The van der Waals surface area contributed by atoms with Crippen molar-refractivity contribution in [3.05, 3.63) is 91.6 Å². The normalized spacial score (nSPS) is 14.6. The van der Waals surface area contributed by atoms with Gasteiger partial charge in [0.1, 0.15) is 17.2 Å². The number of aromatic nitrogens is 5. The fourth-order valence-corrected chi connectivity index (χ4v) is 8.17. The molecule has 20 heteroatoms. The zero-order valence-corrected chi connectivity index (χ0v) is 33.4. The van der Waals surface area contributed by atoms with Gasteiger partial charge in [0.25, 0.3) is 11.5 Å². The molecule has 5 heterocycles. The van der Waals surface area contributed by atoms with E-state index in [4.69, 9.17) is 4.98 Å². The van der Waals surface area contributed by atoms with Crippen LogP contribution < -0.4 is 31.7 Å². The zero-order valence-electron chi connectivity index (χ0n) is 32.6. The first-order valence-electron chi connectivity index (χ1n) is 19.1. The van der Waals surface area contributed by atoms with Crippen molar-refractivity contribution in [1.82, 2.24) is 34.7 Å². The lowest BCUT2D eigenvalue weighted by Gasteiger charge is -2.35.